The number of hydrogen-bond acceptors (Lipinski definition) is 2. The quantitative estimate of drug-likeness (QED) is 0.663. The second kappa shape index (κ2) is 4.51. The van der Waals surface area contributed by atoms with E-state index in [-0.39, 0.29) is 0 Å². The summed E-state index contributed by atoms with van der Waals surface area (Å²) in [4.78, 5) is 5.64. The van der Waals surface area contributed by atoms with E-state index in [1.165, 1.54) is 10.6 Å². The number of hydrogen-bond donors (Lipinski definition) is 0. The summed E-state index contributed by atoms with van der Waals surface area (Å²) in [6, 6.07) is 4.26. The van der Waals surface area contributed by atoms with E-state index in [1.807, 2.05) is 18.0 Å². The van der Waals surface area contributed by atoms with Crippen molar-refractivity contribution >= 4 is 11.8 Å². The molecule has 0 aliphatic carbocycles. The van der Waals surface area contributed by atoms with Gasteiger partial charge in [0, 0.05) is 16.8 Å². The molecule has 0 spiro atoms. The minimum Gasteiger partial charge on any atom is -0.260 e. The molecule has 0 bridgehead atoms. The average Bonchev–Trinajstić information content (AvgIpc) is 2.06. The highest BCUT2D eigenvalue weighted by atomic mass is 32.2. The monoisotopic (exact) mass is 181 g/mol. The van der Waals surface area contributed by atoms with Crippen molar-refractivity contribution in [3.63, 3.8) is 0 Å². The lowest BCUT2D eigenvalue weighted by Gasteiger charge is -2.04. The lowest BCUT2D eigenvalue weighted by molar-refractivity contribution is 0.818. The van der Waals surface area contributed by atoms with Crippen molar-refractivity contribution < 1.29 is 0 Å². The van der Waals surface area contributed by atoms with Crippen molar-refractivity contribution in [1.29, 1.82) is 0 Å². The smallest absolute Gasteiger partial charge is 0.0429 e. The van der Waals surface area contributed by atoms with Crippen LogP contribution in [0.15, 0.2) is 23.2 Å². The van der Waals surface area contributed by atoms with Crippen molar-refractivity contribution in [3.05, 3.63) is 24.0 Å². The SMILES string of the molecule is CCSc1ccc(C(C)C)nc1. The maximum Gasteiger partial charge on any atom is 0.0429 e. The fourth-order valence-corrected chi connectivity index (χ4v) is 1.61. The van der Waals surface area contributed by atoms with Gasteiger partial charge in [-0.15, -0.1) is 11.8 Å². The third-order valence-electron chi connectivity index (χ3n) is 1.66. The Labute approximate surface area is 78.6 Å². The largest absolute Gasteiger partial charge is 0.260 e. The lowest BCUT2D eigenvalue weighted by atomic mass is 10.1. The fourth-order valence-electron chi connectivity index (χ4n) is 0.985. The van der Waals surface area contributed by atoms with Gasteiger partial charge in [-0.3, -0.25) is 4.98 Å². The van der Waals surface area contributed by atoms with Crippen LogP contribution in [0.1, 0.15) is 32.4 Å². The van der Waals surface area contributed by atoms with Crippen molar-refractivity contribution in [2.24, 2.45) is 0 Å². The van der Waals surface area contributed by atoms with Gasteiger partial charge in [0.1, 0.15) is 0 Å². The maximum atomic E-state index is 4.38. The third-order valence-corrected chi connectivity index (χ3v) is 2.53. The Morgan fingerprint density at radius 2 is 2.17 bits per heavy atom. The van der Waals surface area contributed by atoms with Gasteiger partial charge in [0.2, 0.25) is 0 Å². The minimum absolute atomic E-state index is 0.533. The second-order valence-electron chi connectivity index (χ2n) is 3.01. The van der Waals surface area contributed by atoms with Gasteiger partial charge in [0.25, 0.3) is 0 Å². The molecule has 66 valence electrons. The fraction of sp³-hybridized carbons (Fsp3) is 0.500. The molecule has 0 N–H and O–H groups in total. The van der Waals surface area contributed by atoms with E-state index in [2.05, 4.69) is 37.9 Å². The average molecular weight is 181 g/mol. The molecule has 0 aliphatic rings. The van der Waals surface area contributed by atoms with Crippen LogP contribution in [0.3, 0.4) is 0 Å². The molecule has 0 unspecified atom stereocenters. The van der Waals surface area contributed by atoms with Crippen LogP contribution in [0.5, 0.6) is 0 Å². The van der Waals surface area contributed by atoms with Crippen molar-refractivity contribution in [1.82, 2.24) is 4.98 Å². The lowest BCUT2D eigenvalue weighted by Crippen LogP contribution is -1.91. The Morgan fingerprint density at radius 3 is 2.58 bits per heavy atom. The van der Waals surface area contributed by atoms with Crippen LogP contribution in [-0.4, -0.2) is 10.7 Å². The Bertz CT molecular complexity index is 228. The Hall–Kier alpha value is -0.500. The molecule has 2 heteroatoms. The molecule has 0 saturated heterocycles. The Morgan fingerprint density at radius 1 is 1.42 bits per heavy atom. The summed E-state index contributed by atoms with van der Waals surface area (Å²) >= 11 is 1.83. The normalized spacial score (nSPS) is 10.7. The highest BCUT2D eigenvalue weighted by molar-refractivity contribution is 7.99. The first-order chi connectivity index (χ1) is 5.74. The molecule has 1 nitrogen and oxygen atoms in total. The molecule has 1 aromatic heterocycles. The Kier molecular flexibility index (Phi) is 3.60. The standard InChI is InChI=1S/C10H15NS/c1-4-12-9-5-6-10(8(2)3)11-7-9/h5-8H,4H2,1-3H3. The van der Waals surface area contributed by atoms with E-state index < -0.39 is 0 Å². The van der Waals surface area contributed by atoms with Gasteiger partial charge in [0.15, 0.2) is 0 Å². The number of thioether (sulfide) groups is 1. The molecule has 1 aromatic rings. The second-order valence-corrected chi connectivity index (χ2v) is 4.34. The molecule has 0 radical (unpaired) electrons. The molecule has 1 rings (SSSR count). The van der Waals surface area contributed by atoms with Crippen LogP contribution in [-0.2, 0) is 0 Å². The molecule has 0 atom stereocenters. The van der Waals surface area contributed by atoms with Crippen LogP contribution in [0.2, 0.25) is 0 Å². The van der Waals surface area contributed by atoms with Crippen molar-refractivity contribution in [2.75, 3.05) is 5.75 Å². The molecule has 0 amide bonds. The third kappa shape index (κ3) is 2.52. The molecule has 1 heterocycles. The number of aromatic nitrogens is 1. The minimum atomic E-state index is 0.533. The summed E-state index contributed by atoms with van der Waals surface area (Å²) in [6.07, 6.45) is 1.96. The Balaban J connectivity index is 2.71. The molecule has 0 aliphatic heterocycles. The van der Waals surface area contributed by atoms with E-state index in [0.29, 0.717) is 5.92 Å². The number of pyridine rings is 1. The van der Waals surface area contributed by atoms with Gasteiger partial charge in [-0.2, -0.15) is 0 Å². The van der Waals surface area contributed by atoms with E-state index in [4.69, 9.17) is 0 Å². The van der Waals surface area contributed by atoms with Gasteiger partial charge >= 0.3 is 0 Å². The van der Waals surface area contributed by atoms with E-state index in [1.54, 1.807) is 0 Å². The molecule has 0 saturated carbocycles. The predicted octanol–water partition coefficient (Wildman–Crippen LogP) is 3.32. The maximum absolute atomic E-state index is 4.38. The molecular formula is C10H15NS. The van der Waals surface area contributed by atoms with E-state index in [9.17, 15) is 0 Å². The van der Waals surface area contributed by atoms with Crippen LogP contribution in [0.4, 0.5) is 0 Å². The van der Waals surface area contributed by atoms with Gasteiger partial charge in [-0.1, -0.05) is 20.8 Å². The van der Waals surface area contributed by atoms with Gasteiger partial charge < -0.3 is 0 Å². The summed E-state index contributed by atoms with van der Waals surface area (Å²) in [6.45, 7) is 6.48. The summed E-state index contributed by atoms with van der Waals surface area (Å²) in [5, 5.41) is 0. The summed E-state index contributed by atoms with van der Waals surface area (Å²) < 4.78 is 0. The van der Waals surface area contributed by atoms with Crippen LogP contribution in [0.25, 0.3) is 0 Å². The predicted molar refractivity (Wildman–Crippen MR) is 54.7 cm³/mol. The summed E-state index contributed by atoms with van der Waals surface area (Å²) in [5.74, 6) is 1.65. The van der Waals surface area contributed by atoms with Crippen LogP contribution < -0.4 is 0 Å². The summed E-state index contributed by atoms with van der Waals surface area (Å²) in [5.41, 5.74) is 1.18. The van der Waals surface area contributed by atoms with Gasteiger partial charge in [0.05, 0.1) is 0 Å². The topological polar surface area (TPSA) is 12.9 Å². The molecule has 0 aromatic carbocycles. The highest BCUT2D eigenvalue weighted by Gasteiger charge is 1.99. The first-order valence-electron chi connectivity index (χ1n) is 4.32. The summed E-state index contributed by atoms with van der Waals surface area (Å²) in [7, 11) is 0. The highest BCUT2D eigenvalue weighted by Crippen LogP contribution is 2.18. The molecule has 12 heavy (non-hydrogen) atoms. The van der Waals surface area contributed by atoms with Crippen LogP contribution >= 0.6 is 11.8 Å². The van der Waals surface area contributed by atoms with E-state index >= 15 is 0 Å². The first kappa shape index (κ1) is 9.59. The molecular weight excluding hydrogens is 166 g/mol. The molecule has 0 fully saturated rings. The zero-order chi connectivity index (χ0) is 8.97. The number of nitrogens with zero attached hydrogens (tertiary/aromatic N) is 1. The first-order valence-corrected chi connectivity index (χ1v) is 5.31. The number of rotatable bonds is 3. The zero-order valence-corrected chi connectivity index (χ0v) is 8.69. The van der Waals surface area contributed by atoms with Crippen molar-refractivity contribution in [2.45, 2.75) is 31.6 Å². The van der Waals surface area contributed by atoms with Crippen molar-refractivity contribution in [3.8, 4) is 0 Å². The van der Waals surface area contributed by atoms with E-state index in [0.717, 1.165) is 5.75 Å². The van der Waals surface area contributed by atoms with Gasteiger partial charge in [-0.25, -0.2) is 0 Å². The van der Waals surface area contributed by atoms with Crippen LogP contribution in [0, 0.1) is 0 Å². The van der Waals surface area contributed by atoms with Gasteiger partial charge in [-0.05, 0) is 23.8 Å². The zero-order valence-electron chi connectivity index (χ0n) is 7.87.